The molecule has 0 saturated heterocycles. The number of hydrogen-bond donors (Lipinski definition) is 0. The van der Waals surface area contributed by atoms with E-state index < -0.39 is 5.97 Å². The predicted molar refractivity (Wildman–Crippen MR) is 99.3 cm³/mol. The molecule has 3 aromatic carbocycles. The zero-order valence-electron chi connectivity index (χ0n) is 13.0. The second-order valence-electron chi connectivity index (χ2n) is 5.13. The average molecular weight is 383 g/mol. The summed E-state index contributed by atoms with van der Waals surface area (Å²) >= 11 is 3.51. The van der Waals surface area contributed by atoms with Gasteiger partial charge in [-0.3, -0.25) is 0 Å². The molecule has 0 aromatic heterocycles. The van der Waals surface area contributed by atoms with Gasteiger partial charge < -0.3 is 9.47 Å². The van der Waals surface area contributed by atoms with E-state index >= 15 is 0 Å². The maximum Gasteiger partial charge on any atom is 0.336 e. The molecular weight excluding hydrogens is 368 g/mol. The molecule has 0 heterocycles. The summed E-state index contributed by atoms with van der Waals surface area (Å²) in [6.07, 6.45) is 3.09. The molecule has 0 fully saturated rings. The molecule has 3 aromatic rings. The molecule has 0 aliphatic rings. The molecule has 0 amide bonds. The van der Waals surface area contributed by atoms with Crippen molar-refractivity contribution in [1.29, 1.82) is 0 Å². The first-order valence-corrected chi connectivity index (χ1v) is 8.18. The maximum absolute atomic E-state index is 12.1. The van der Waals surface area contributed by atoms with Gasteiger partial charge in [0.15, 0.2) is 0 Å². The van der Waals surface area contributed by atoms with Crippen LogP contribution in [-0.4, -0.2) is 13.1 Å². The zero-order valence-corrected chi connectivity index (χ0v) is 14.6. The minimum Gasteiger partial charge on any atom is -0.497 e. The van der Waals surface area contributed by atoms with Crippen LogP contribution in [0, 0.1) is 0 Å². The fourth-order valence-corrected chi connectivity index (χ4v) is 2.92. The van der Waals surface area contributed by atoms with Gasteiger partial charge in [0.25, 0.3) is 0 Å². The Hall–Kier alpha value is -2.59. The minimum absolute atomic E-state index is 0.436. The Morgan fingerprint density at radius 1 is 1.04 bits per heavy atom. The van der Waals surface area contributed by atoms with Crippen molar-refractivity contribution in [3.05, 3.63) is 76.8 Å². The summed E-state index contributed by atoms with van der Waals surface area (Å²) < 4.78 is 11.4. The number of carbonyl (C=O) groups is 1. The number of esters is 1. The van der Waals surface area contributed by atoms with E-state index in [0.29, 0.717) is 5.75 Å². The van der Waals surface area contributed by atoms with Crippen molar-refractivity contribution in [2.24, 2.45) is 0 Å². The van der Waals surface area contributed by atoms with Gasteiger partial charge in [-0.25, -0.2) is 4.79 Å². The van der Waals surface area contributed by atoms with Gasteiger partial charge in [-0.1, -0.05) is 42.5 Å². The van der Waals surface area contributed by atoms with Gasteiger partial charge in [-0.05, 0) is 56.5 Å². The van der Waals surface area contributed by atoms with Gasteiger partial charge in [0.2, 0.25) is 0 Å². The van der Waals surface area contributed by atoms with Crippen LogP contribution >= 0.6 is 15.9 Å². The number of halogens is 1. The number of ether oxygens (including phenoxy) is 2. The molecule has 0 saturated carbocycles. The van der Waals surface area contributed by atoms with E-state index in [2.05, 4.69) is 15.9 Å². The Labute approximate surface area is 148 Å². The number of fused-ring (bicyclic) bond motifs is 1. The fraction of sp³-hybridized carbons (Fsp3) is 0.0500. The van der Waals surface area contributed by atoms with E-state index in [1.807, 2.05) is 54.6 Å². The smallest absolute Gasteiger partial charge is 0.336 e. The molecule has 24 heavy (non-hydrogen) atoms. The molecule has 0 unspecified atom stereocenters. The number of benzene rings is 3. The average Bonchev–Trinajstić information content (AvgIpc) is 2.63. The highest BCUT2D eigenvalue weighted by Gasteiger charge is 2.08. The van der Waals surface area contributed by atoms with Crippen molar-refractivity contribution in [3.63, 3.8) is 0 Å². The molecular formula is C20H15BrO3. The first-order chi connectivity index (χ1) is 11.7. The summed E-state index contributed by atoms with van der Waals surface area (Å²) in [4.78, 5) is 12.1. The molecule has 3 nitrogen and oxygen atoms in total. The van der Waals surface area contributed by atoms with E-state index in [-0.39, 0.29) is 0 Å². The topological polar surface area (TPSA) is 35.5 Å². The quantitative estimate of drug-likeness (QED) is 0.352. The zero-order chi connectivity index (χ0) is 16.9. The molecule has 0 N–H and O–H groups in total. The maximum atomic E-state index is 12.1. The van der Waals surface area contributed by atoms with Crippen molar-refractivity contribution >= 4 is 38.7 Å². The van der Waals surface area contributed by atoms with Crippen molar-refractivity contribution in [3.8, 4) is 11.5 Å². The van der Waals surface area contributed by atoms with Crippen LogP contribution in [0.2, 0.25) is 0 Å². The van der Waals surface area contributed by atoms with Crippen LogP contribution in [0.15, 0.2) is 71.2 Å². The largest absolute Gasteiger partial charge is 0.497 e. The van der Waals surface area contributed by atoms with Crippen molar-refractivity contribution in [2.75, 3.05) is 7.11 Å². The Balaban J connectivity index is 1.77. The van der Waals surface area contributed by atoms with Crippen LogP contribution in [0.5, 0.6) is 11.5 Å². The summed E-state index contributed by atoms with van der Waals surface area (Å²) in [7, 11) is 1.61. The SMILES string of the molecule is COc1cccc(/C=C/C(=O)Oc2ccc3ccccc3c2Br)c1. The summed E-state index contributed by atoms with van der Waals surface area (Å²) in [5.74, 6) is 0.797. The lowest BCUT2D eigenvalue weighted by molar-refractivity contribution is -0.128. The summed E-state index contributed by atoms with van der Waals surface area (Å²) in [5, 5.41) is 2.08. The van der Waals surface area contributed by atoms with E-state index in [1.54, 1.807) is 19.3 Å². The molecule has 0 spiro atoms. The highest BCUT2D eigenvalue weighted by atomic mass is 79.9. The van der Waals surface area contributed by atoms with E-state index in [9.17, 15) is 4.79 Å². The summed E-state index contributed by atoms with van der Waals surface area (Å²) in [6.45, 7) is 0. The van der Waals surface area contributed by atoms with Gasteiger partial charge in [0, 0.05) is 6.08 Å². The molecule has 3 rings (SSSR count). The monoisotopic (exact) mass is 382 g/mol. The van der Waals surface area contributed by atoms with Crippen molar-refractivity contribution in [2.45, 2.75) is 0 Å². The number of methoxy groups -OCH3 is 1. The van der Waals surface area contributed by atoms with Crippen LogP contribution in [-0.2, 0) is 4.79 Å². The number of hydrogen-bond acceptors (Lipinski definition) is 3. The predicted octanol–water partition coefficient (Wildman–Crippen LogP) is 5.23. The van der Waals surface area contributed by atoms with Crippen LogP contribution in [0.25, 0.3) is 16.8 Å². The second kappa shape index (κ2) is 7.32. The lowest BCUT2D eigenvalue weighted by Crippen LogP contribution is -2.04. The number of rotatable bonds is 4. The van der Waals surface area contributed by atoms with Crippen LogP contribution < -0.4 is 9.47 Å². The molecule has 0 bridgehead atoms. The lowest BCUT2D eigenvalue weighted by atomic mass is 10.1. The first-order valence-electron chi connectivity index (χ1n) is 7.38. The third-order valence-corrected chi connectivity index (χ3v) is 4.36. The van der Waals surface area contributed by atoms with Crippen LogP contribution in [0.1, 0.15) is 5.56 Å². The summed E-state index contributed by atoms with van der Waals surface area (Å²) in [6, 6.07) is 19.0. The van der Waals surface area contributed by atoms with E-state index in [1.165, 1.54) is 6.08 Å². The minimum atomic E-state index is -0.436. The standard InChI is InChI=1S/C20H15BrO3/c1-23-16-7-4-5-14(13-16)9-12-19(22)24-18-11-10-15-6-2-3-8-17(15)20(18)21/h2-13H,1H3/b12-9+. The molecule has 0 atom stereocenters. The molecule has 0 aliphatic carbocycles. The van der Waals surface area contributed by atoms with Gasteiger partial charge >= 0.3 is 5.97 Å². The lowest BCUT2D eigenvalue weighted by Gasteiger charge is -2.07. The molecule has 0 aliphatic heterocycles. The Morgan fingerprint density at radius 2 is 1.88 bits per heavy atom. The fourth-order valence-electron chi connectivity index (χ4n) is 2.34. The van der Waals surface area contributed by atoms with Gasteiger partial charge in [-0.2, -0.15) is 0 Å². The highest BCUT2D eigenvalue weighted by molar-refractivity contribution is 9.10. The highest BCUT2D eigenvalue weighted by Crippen LogP contribution is 2.33. The Morgan fingerprint density at radius 3 is 2.71 bits per heavy atom. The van der Waals surface area contributed by atoms with Crippen molar-refractivity contribution < 1.29 is 14.3 Å². The third-order valence-electron chi connectivity index (χ3n) is 3.54. The Bertz CT molecular complexity index is 916. The van der Waals surface area contributed by atoms with Crippen LogP contribution in [0.3, 0.4) is 0 Å². The second-order valence-corrected chi connectivity index (χ2v) is 5.92. The third kappa shape index (κ3) is 3.66. The van der Waals surface area contributed by atoms with Gasteiger partial charge in [0.05, 0.1) is 11.6 Å². The van der Waals surface area contributed by atoms with E-state index in [4.69, 9.17) is 9.47 Å². The summed E-state index contributed by atoms with van der Waals surface area (Å²) in [5.41, 5.74) is 0.865. The molecule has 120 valence electrons. The first kappa shape index (κ1) is 16.3. The number of carbonyl (C=O) groups excluding carboxylic acids is 1. The van der Waals surface area contributed by atoms with E-state index in [0.717, 1.165) is 26.6 Å². The van der Waals surface area contributed by atoms with Crippen molar-refractivity contribution in [1.82, 2.24) is 0 Å². The normalized spacial score (nSPS) is 10.9. The van der Waals surface area contributed by atoms with Crippen LogP contribution in [0.4, 0.5) is 0 Å². The molecule has 0 radical (unpaired) electrons. The molecule has 4 heteroatoms. The van der Waals surface area contributed by atoms with Gasteiger partial charge in [-0.15, -0.1) is 0 Å². The Kier molecular flexibility index (Phi) is 4.96. The van der Waals surface area contributed by atoms with Gasteiger partial charge in [0.1, 0.15) is 11.5 Å².